The van der Waals surface area contributed by atoms with Crippen molar-refractivity contribution >= 4 is 22.9 Å². The molecule has 0 aromatic carbocycles. The van der Waals surface area contributed by atoms with Gasteiger partial charge in [-0.15, -0.1) is 0 Å². The minimum absolute atomic E-state index is 0.416. The Kier molecular flexibility index (Phi) is 1.59. The second-order valence-electron chi connectivity index (χ2n) is 2.45. The third kappa shape index (κ3) is 1.28. The van der Waals surface area contributed by atoms with Crippen LogP contribution in [0.4, 0.5) is 10.6 Å². The van der Waals surface area contributed by atoms with Crippen molar-refractivity contribution in [3.63, 3.8) is 0 Å². The van der Waals surface area contributed by atoms with E-state index in [0.717, 1.165) is 5.39 Å². The van der Waals surface area contributed by atoms with Gasteiger partial charge < -0.3 is 10.7 Å². The highest BCUT2D eigenvalue weighted by Crippen LogP contribution is 2.16. The van der Waals surface area contributed by atoms with Gasteiger partial charge in [-0.3, -0.25) is 5.32 Å². The number of primary amides is 1. The van der Waals surface area contributed by atoms with Crippen molar-refractivity contribution < 1.29 is 4.79 Å². The number of hydrogen-bond acceptors (Lipinski definition) is 3. The molecule has 2 aromatic heterocycles. The van der Waals surface area contributed by atoms with Crippen LogP contribution >= 0.6 is 0 Å². The number of amides is 2. The summed E-state index contributed by atoms with van der Waals surface area (Å²) >= 11 is 0. The van der Waals surface area contributed by atoms with Crippen LogP contribution in [0.3, 0.4) is 0 Å². The van der Waals surface area contributed by atoms with Gasteiger partial charge in [0, 0.05) is 6.20 Å². The van der Waals surface area contributed by atoms with Crippen molar-refractivity contribution in [2.75, 3.05) is 5.32 Å². The smallest absolute Gasteiger partial charge is 0.317 e. The van der Waals surface area contributed by atoms with Crippen molar-refractivity contribution in [3.05, 3.63) is 18.6 Å². The minimum atomic E-state index is -0.638. The van der Waals surface area contributed by atoms with Crippen LogP contribution in [-0.4, -0.2) is 21.0 Å². The molecule has 0 fully saturated rings. The molecule has 2 amide bonds. The van der Waals surface area contributed by atoms with E-state index in [9.17, 15) is 4.79 Å². The number of carbonyl (C=O) groups is 1. The number of anilines is 1. The van der Waals surface area contributed by atoms with Gasteiger partial charge in [-0.05, 0) is 6.07 Å². The van der Waals surface area contributed by atoms with E-state index in [1.807, 2.05) is 0 Å². The Labute approximate surface area is 73.2 Å². The maximum absolute atomic E-state index is 10.6. The molecule has 66 valence electrons. The van der Waals surface area contributed by atoms with Gasteiger partial charge in [0.05, 0.1) is 5.39 Å². The fraction of sp³-hybridized carbons (Fsp3) is 0. The van der Waals surface area contributed by atoms with Crippen molar-refractivity contribution in [3.8, 4) is 0 Å². The van der Waals surface area contributed by atoms with Gasteiger partial charge in [-0.1, -0.05) is 0 Å². The molecule has 13 heavy (non-hydrogen) atoms. The molecule has 4 N–H and O–H groups in total. The summed E-state index contributed by atoms with van der Waals surface area (Å²) in [5, 5.41) is 3.14. The van der Waals surface area contributed by atoms with Crippen molar-refractivity contribution in [2.45, 2.75) is 0 Å². The minimum Gasteiger partial charge on any atom is -0.351 e. The normalized spacial score (nSPS) is 10.2. The molecule has 0 saturated carbocycles. The average molecular weight is 177 g/mol. The number of carbonyl (C=O) groups excluding carboxylic acids is 1. The number of urea groups is 1. The Bertz CT molecular complexity index is 449. The highest BCUT2D eigenvalue weighted by Gasteiger charge is 2.04. The van der Waals surface area contributed by atoms with E-state index < -0.39 is 6.03 Å². The van der Waals surface area contributed by atoms with Gasteiger partial charge in [-0.25, -0.2) is 14.8 Å². The summed E-state index contributed by atoms with van der Waals surface area (Å²) in [5.74, 6) is 0.416. The number of fused-ring (bicyclic) bond motifs is 1. The Morgan fingerprint density at radius 3 is 3.15 bits per heavy atom. The van der Waals surface area contributed by atoms with Crippen LogP contribution < -0.4 is 11.1 Å². The SMILES string of the molecule is NC(=O)Nc1ncnc2[nH]ccc12. The number of aromatic amines is 1. The van der Waals surface area contributed by atoms with E-state index in [2.05, 4.69) is 20.3 Å². The Morgan fingerprint density at radius 2 is 2.38 bits per heavy atom. The maximum Gasteiger partial charge on any atom is 0.317 e. The summed E-state index contributed by atoms with van der Waals surface area (Å²) < 4.78 is 0. The van der Waals surface area contributed by atoms with Crippen molar-refractivity contribution in [1.29, 1.82) is 0 Å². The van der Waals surface area contributed by atoms with Crippen LogP contribution in [-0.2, 0) is 0 Å². The topological polar surface area (TPSA) is 96.7 Å². The Balaban J connectivity index is 2.54. The third-order valence-corrected chi connectivity index (χ3v) is 1.60. The lowest BCUT2D eigenvalue weighted by Gasteiger charge is -2.00. The number of hydrogen-bond donors (Lipinski definition) is 3. The van der Waals surface area contributed by atoms with E-state index in [-0.39, 0.29) is 0 Å². The molecule has 0 aliphatic heterocycles. The van der Waals surface area contributed by atoms with Crippen LogP contribution in [0, 0.1) is 0 Å². The average Bonchev–Trinajstić information content (AvgIpc) is 2.51. The van der Waals surface area contributed by atoms with Crippen LogP contribution in [0.25, 0.3) is 11.0 Å². The molecular formula is C7H7N5O. The standard InChI is InChI=1S/C7H7N5O/c8-7(13)12-6-4-1-2-9-5(4)10-3-11-6/h1-3H,(H4,8,9,10,11,12,13). The van der Waals surface area contributed by atoms with E-state index in [4.69, 9.17) is 5.73 Å². The molecule has 0 aliphatic rings. The number of nitrogens with two attached hydrogens (primary N) is 1. The van der Waals surface area contributed by atoms with E-state index in [1.54, 1.807) is 12.3 Å². The molecule has 0 bridgehead atoms. The summed E-state index contributed by atoms with van der Waals surface area (Å²) in [6.45, 7) is 0. The zero-order valence-electron chi connectivity index (χ0n) is 6.61. The van der Waals surface area contributed by atoms with Gasteiger partial charge >= 0.3 is 6.03 Å². The first-order chi connectivity index (χ1) is 6.27. The lowest BCUT2D eigenvalue weighted by Crippen LogP contribution is -2.20. The van der Waals surface area contributed by atoms with Crippen LogP contribution in [0.15, 0.2) is 18.6 Å². The van der Waals surface area contributed by atoms with Crippen molar-refractivity contribution in [1.82, 2.24) is 15.0 Å². The molecule has 2 heterocycles. The largest absolute Gasteiger partial charge is 0.351 e. The molecule has 0 atom stereocenters. The third-order valence-electron chi connectivity index (χ3n) is 1.60. The molecule has 0 saturated heterocycles. The zero-order chi connectivity index (χ0) is 9.26. The molecule has 0 spiro atoms. The van der Waals surface area contributed by atoms with Crippen LogP contribution in [0.1, 0.15) is 0 Å². The lowest BCUT2D eigenvalue weighted by atomic mass is 10.4. The van der Waals surface area contributed by atoms with E-state index >= 15 is 0 Å². The number of rotatable bonds is 1. The molecular weight excluding hydrogens is 170 g/mol. The fourth-order valence-electron chi connectivity index (χ4n) is 1.09. The molecule has 2 aromatic rings. The first-order valence-electron chi connectivity index (χ1n) is 3.62. The Hall–Kier alpha value is -2.11. The molecule has 0 aliphatic carbocycles. The van der Waals surface area contributed by atoms with Gasteiger partial charge in [0.25, 0.3) is 0 Å². The first-order valence-corrected chi connectivity index (χ1v) is 3.62. The van der Waals surface area contributed by atoms with Crippen LogP contribution in [0.5, 0.6) is 0 Å². The summed E-state index contributed by atoms with van der Waals surface area (Å²) in [6.07, 6.45) is 3.07. The summed E-state index contributed by atoms with van der Waals surface area (Å²) in [6, 6.07) is 1.13. The molecule has 6 nitrogen and oxygen atoms in total. The second kappa shape index (κ2) is 2.74. The highest BCUT2D eigenvalue weighted by atomic mass is 16.2. The Morgan fingerprint density at radius 1 is 1.54 bits per heavy atom. The van der Waals surface area contributed by atoms with E-state index in [1.165, 1.54) is 6.33 Å². The summed E-state index contributed by atoms with van der Waals surface area (Å²) in [7, 11) is 0. The number of aromatic nitrogens is 3. The van der Waals surface area contributed by atoms with Gasteiger partial charge in [0.15, 0.2) is 0 Å². The summed E-state index contributed by atoms with van der Waals surface area (Å²) in [4.78, 5) is 21.3. The molecule has 2 rings (SSSR count). The predicted octanol–water partition coefficient (Wildman–Crippen LogP) is 0.448. The number of nitrogens with one attached hydrogen (secondary N) is 2. The predicted molar refractivity (Wildman–Crippen MR) is 47.1 cm³/mol. The zero-order valence-corrected chi connectivity index (χ0v) is 6.61. The molecule has 0 unspecified atom stereocenters. The monoisotopic (exact) mass is 177 g/mol. The summed E-state index contributed by atoms with van der Waals surface area (Å²) in [5.41, 5.74) is 5.63. The molecule has 6 heteroatoms. The first kappa shape index (κ1) is 7.53. The maximum atomic E-state index is 10.6. The number of H-pyrrole nitrogens is 1. The highest BCUT2D eigenvalue weighted by molar-refractivity contribution is 5.96. The van der Waals surface area contributed by atoms with Crippen LogP contribution in [0.2, 0.25) is 0 Å². The van der Waals surface area contributed by atoms with Gasteiger partial charge in [0.2, 0.25) is 0 Å². The quantitative estimate of drug-likeness (QED) is 0.589. The van der Waals surface area contributed by atoms with E-state index in [0.29, 0.717) is 11.5 Å². The van der Waals surface area contributed by atoms with Crippen molar-refractivity contribution in [2.24, 2.45) is 5.73 Å². The van der Waals surface area contributed by atoms with Gasteiger partial charge in [0.1, 0.15) is 17.8 Å². The second-order valence-corrected chi connectivity index (χ2v) is 2.45. The fourth-order valence-corrected chi connectivity index (χ4v) is 1.09. The lowest BCUT2D eigenvalue weighted by molar-refractivity contribution is 0.259. The molecule has 0 radical (unpaired) electrons. The number of nitrogens with zero attached hydrogens (tertiary/aromatic N) is 2. The van der Waals surface area contributed by atoms with Gasteiger partial charge in [-0.2, -0.15) is 0 Å².